The lowest BCUT2D eigenvalue weighted by Crippen LogP contribution is -2.16. The molecule has 1 aromatic heterocycles. The van der Waals surface area contributed by atoms with Gasteiger partial charge in [0, 0.05) is 12.2 Å². The molecule has 2 aromatic carbocycles. The van der Waals surface area contributed by atoms with Gasteiger partial charge in [0.2, 0.25) is 15.9 Å². The second kappa shape index (κ2) is 10.5. The highest BCUT2D eigenvalue weighted by Crippen LogP contribution is 2.29. The summed E-state index contributed by atoms with van der Waals surface area (Å²) in [6, 6.07) is 12.6. The van der Waals surface area contributed by atoms with Gasteiger partial charge in [-0.25, -0.2) is 18.5 Å². The number of primary sulfonamides is 1. The number of hydrogen-bond donors (Lipinski definition) is 2. The van der Waals surface area contributed by atoms with Crippen molar-refractivity contribution in [2.24, 2.45) is 5.14 Å². The highest BCUT2D eigenvalue weighted by molar-refractivity contribution is 7.99. The Morgan fingerprint density at radius 3 is 2.66 bits per heavy atom. The molecule has 32 heavy (non-hydrogen) atoms. The molecule has 1 atom stereocenters. The lowest BCUT2D eigenvalue weighted by atomic mass is 9.97. The number of unbranched alkanes of at least 4 members (excludes halogenated alkanes) is 1. The van der Waals surface area contributed by atoms with Crippen LogP contribution in [-0.2, 0) is 21.4 Å². The predicted octanol–water partition coefficient (Wildman–Crippen LogP) is 4.73. The van der Waals surface area contributed by atoms with Crippen LogP contribution in [0.3, 0.4) is 0 Å². The molecule has 3 aromatic rings. The van der Waals surface area contributed by atoms with Crippen LogP contribution in [0.15, 0.2) is 52.5 Å². The number of amides is 1. The van der Waals surface area contributed by atoms with E-state index < -0.39 is 10.0 Å². The molecule has 0 aliphatic carbocycles. The van der Waals surface area contributed by atoms with Crippen molar-refractivity contribution in [1.82, 2.24) is 9.55 Å². The minimum atomic E-state index is -3.81. The zero-order valence-corrected chi connectivity index (χ0v) is 20.3. The van der Waals surface area contributed by atoms with Gasteiger partial charge in [0.1, 0.15) is 0 Å². The number of nitrogens with zero attached hydrogens (tertiary/aromatic N) is 2. The molecule has 0 saturated carbocycles. The summed E-state index contributed by atoms with van der Waals surface area (Å²) < 4.78 is 25.5. The van der Waals surface area contributed by atoms with Gasteiger partial charge in [0.15, 0.2) is 5.16 Å². The highest BCUT2D eigenvalue weighted by Gasteiger charge is 2.17. The quantitative estimate of drug-likeness (QED) is 0.413. The van der Waals surface area contributed by atoms with Crippen molar-refractivity contribution in [3.63, 3.8) is 0 Å². The number of benzene rings is 2. The van der Waals surface area contributed by atoms with Crippen molar-refractivity contribution in [3.8, 4) is 0 Å². The van der Waals surface area contributed by atoms with Gasteiger partial charge < -0.3 is 9.88 Å². The van der Waals surface area contributed by atoms with Crippen molar-refractivity contribution in [2.75, 3.05) is 11.1 Å². The Kier molecular flexibility index (Phi) is 7.97. The Morgan fingerprint density at radius 2 is 1.97 bits per heavy atom. The number of para-hydroxylation sites is 1. The molecule has 0 fully saturated rings. The maximum atomic E-state index is 12.7. The number of nitrogens with one attached hydrogen (secondary N) is 1. The van der Waals surface area contributed by atoms with Crippen LogP contribution in [0.2, 0.25) is 0 Å². The van der Waals surface area contributed by atoms with E-state index >= 15 is 0 Å². The fourth-order valence-corrected chi connectivity index (χ4v) is 4.86. The number of hydrogen-bond acceptors (Lipinski definition) is 5. The van der Waals surface area contributed by atoms with E-state index in [2.05, 4.69) is 31.1 Å². The van der Waals surface area contributed by atoms with E-state index in [1.165, 1.54) is 23.9 Å². The first-order valence-corrected chi connectivity index (χ1v) is 13.3. The van der Waals surface area contributed by atoms with E-state index in [0.717, 1.165) is 42.6 Å². The molecule has 1 amide bonds. The van der Waals surface area contributed by atoms with Crippen LogP contribution in [0, 0.1) is 0 Å². The first-order valence-electron chi connectivity index (χ1n) is 10.8. The summed E-state index contributed by atoms with van der Waals surface area (Å²) in [5.74, 6) is 0.447. The Bertz CT molecular complexity index is 1210. The second-order valence-electron chi connectivity index (χ2n) is 7.83. The van der Waals surface area contributed by atoms with Gasteiger partial charge in [0.05, 0.1) is 21.7 Å². The molecule has 3 N–H and O–H groups in total. The van der Waals surface area contributed by atoms with Crippen molar-refractivity contribution in [1.29, 1.82) is 0 Å². The monoisotopic (exact) mass is 474 g/mol. The van der Waals surface area contributed by atoms with Crippen molar-refractivity contribution < 1.29 is 13.2 Å². The third-order valence-corrected chi connectivity index (χ3v) is 7.35. The summed E-state index contributed by atoms with van der Waals surface area (Å²) in [6.07, 6.45) is 2.94. The predicted molar refractivity (Wildman–Crippen MR) is 131 cm³/mol. The van der Waals surface area contributed by atoms with E-state index in [9.17, 15) is 13.2 Å². The molecule has 0 spiro atoms. The number of anilines is 1. The number of carbonyl (C=O) groups is 1. The van der Waals surface area contributed by atoms with Crippen LogP contribution >= 0.6 is 11.8 Å². The van der Waals surface area contributed by atoms with Gasteiger partial charge in [-0.3, -0.25) is 4.79 Å². The maximum absolute atomic E-state index is 12.7. The van der Waals surface area contributed by atoms with E-state index in [1.54, 1.807) is 6.07 Å². The Balaban J connectivity index is 1.81. The van der Waals surface area contributed by atoms with Crippen molar-refractivity contribution in [2.45, 2.75) is 62.5 Å². The Labute approximate surface area is 193 Å². The van der Waals surface area contributed by atoms with E-state index in [-0.39, 0.29) is 16.6 Å². The molecule has 0 bridgehead atoms. The summed E-state index contributed by atoms with van der Waals surface area (Å²) in [5, 5.41) is 8.98. The van der Waals surface area contributed by atoms with Crippen LogP contribution in [0.5, 0.6) is 0 Å². The maximum Gasteiger partial charge on any atom is 0.238 e. The first-order chi connectivity index (χ1) is 15.2. The molecule has 0 aliphatic rings. The molecule has 9 heteroatoms. The summed E-state index contributed by atoms with van der Waals surface area (Å²) >= 11 is 1.34. The van der Waals surface area contributed by atoms with E-state index in [4.69, 9.17) is 5.14 Å². The Morgan fingerprint density at radius 1 is 1.22 bits per heavy atom. The number of rotatable bonds is 10. The summed E-state index contributed by atoms with van der Waals surface area (Å²) in [5.41, 5.74) is 3.34. The molecule has 0 aliphatic heterocycles. The van der Waals surface area contributed by atoms with Gasteiger partial charge in [-0.1, -0.05) is 57.2 Å². The van der Waals surface area contributed by atoms with Gasteiger partial charge in [0.25, 0.3) is 0 Å². The normalized spacial score (nSPS) is 12.8. The van der Waals surface area contributed by atoms with Crippen LogP contribution in [0.1, 0.15) is 51.5 Å². The van der Waals surface area contributed by atoms with Crippen LogP contribution in [-0.4, -0.2) is 29.6 Å². The number of sulfonamides is 1. The number of carbonyl (C=O) groups excluding carboxylic acids is 1. The van der Waals surface area contributed by atoms with Crippen molar-refractivity contribution in [3.05, 3.63) is 48.0 Å². The topological polar surface area (TPSA) is 107 Å². The minimum absolute atomic E-state index is 0.0288. The van der Waals surface area contributed by atoms with Crippen molar-refractivity contribution >= 4 is 44.4 Å². The third kappa shape index (κ3) is 5.70. The molecule has 0 radical (unpaired) electrons. The standard InChI is InChI=1S/C23H30N4O3S2/c1-4-6-13-27-21-12-11-17(32(24,29)30)14-20(21)26-23(27)31-15-22(28)25-19-10-8-7-9-18(19)16(3)5-2/h7-12,14,16H,4-6,13,15H2,1-3H3,(H,25,28)(H2,24,29,30)/t16-/m0/s1. The summed E-state index contributed by atoms with van der Waals surface area (Å²) in [6.45, 7) is 7.11. The second-order valence-corrected chi connectivity index (χ2v) is 10.3. The molecular weight excluding hydrogens is 444 g/mol. The van der Waals surface area contributed by atoms with Gasteiger partial charge in [-0.05, 0) is 48.6 Å². The summed E-state index contributed by atoms with van der Waals surface area (Å²) in [7, 11) is -3.81. The number of imidazole rings is 1. The Hall–Kier alpha value is -2.36. The highest BCUT2D eigenvalue weighted by atomic mass is 32.2. The largest absolute Gasteiger partial charge is 0.325 e. The zero-order chi connectivity index (χ0) is 23.3. The molecule has 0 saturated heterocycles. The smallest absolute Gasteiger partial charge is 0.238 e. The number of thioether (sulfide) groups is 1. The lowest BCUT2D eigenvalue weighted by Gasteiger charge is -2.15. The number of nitrogens with two attached hydrogens (primary N) is 1. The number of aryl methyl sites for hydroxylation is 1. The molecule has 0 unspecified atom stereocenters. The summed E-state index contributed by atoms with van der Waals surface area (Å²) in [4.78, 5) is 17.3. The molecule has 7 nitrogen and oxygen atoms in total. The van der Waals surface area contributed by atoms with E-state index in [0.29, 0.717) is 16.6 Å². The molecule has 1 heterocycles. The average Bonchev–Trinajstić information content (AvgIpc) is 3.12. The molecular formula is C23H30N4O3S2. The fraction of sp³-hybridized carbons (Fsp3) is 0.391. The zero-order valence-electron chi connectivity index (χ0n) is 18.7. The first kappa shape index (κ1) is 24.3. The minimum Gasteiger partial charge on any atom is -0.325 e. The van der Waals surface area contributed by atoms with Gasteiger partial charge in [-0.2, -0.15) is 0 Å². The van der Waals surface area contributed by atoms with Crippen LogP contribution < -0.4 is 10.5 Å². The fourth-order valence-electron chi connectivity index (χ4n) is 3.48. The SMILES string of the molecule is CCCCn1c(SCC(=O)Nc2ccccc2[C@@H](C)CC)nc2cc(S(N)(=O)=O)ccc21. The molecule has 172 valence electrons. The van der Waals surface area contributed by atoms with Crippen LogP contribution in [0.4, 0.5) is 5.69 Å². The number of fused-ring (bicyclic) bond motifs is 1. The number of aromatic nitrogens is 2. The third-order valence-electron chi connectivity index (χ3n) is 5.46. The lowest BCUT2D eigenvalue weighted by molar-refractivity contribution is -0.113. The van der Waals surface area contributed by atoms with E-state index in [1.807, 2.05) is 28.8 Å². The van der Waals surface area contributed by atoms with Gasteiger partial charge in [-0.15, -0.1) is 0 Å². The van der Waals surface area contributed by atoms with Crippen LogP contribution in [0.25, 0.3) is 11.0 Å². The van der Waals surface area contributed by atoms with Gasteiger partial charge >= 0.3 is 0 Å². The molecule has 3 rings (SSSR count). The average molecular weight is 475 g/mol.